The van der Waals surface area contributed by atoms with Gasteiger partial charge < -0.3 is 4.74 Å². The molecule has 0 aromatic carbocycles. The van der Waals surface area contributed by atoms with E-state index >= 15 is 0 Å². The first kappa shape index (κ1) is 16.0. The average Bonchev–Trinajstić information content (AvgIpc) is 3.19. The SMILES string of the molecule is [CH]C1CC([CH])C(C(=O)OC2(C(C)C)CC3CC2C2CCCC32)C1. The monoisotopic (exact) mass is 314 g/mol. The number of fused-ring (bicyclic) bond motifs is 5. The summed E-state index contributed by atoms with van der Waals surface area (Å²) in [5.74, 6) is 3.11. The second-order valence-corrected chi connectivity index (χ2v) is 9.10. The summed E-state index contributed by atoms with van der Waals surface area (Å²) < 4.78 is 6.33. The van der Waals surface area contributed by atoms with Crippen molar-refractivity contribution in [3.8, 4) is 0 Å². The average molecular weight is 314 g/mol. The van der Waals surface area contributed by atoms with E-state index < -0.39 is 0 Å². The molecule has 8 atom stereocenters. The van der Waals surface area contributed by atoms with Crippen LogP contribution in [0.5, 0.6) is 0 Å². The Morgan fingerprint density at radius 3 is 2.52 bits per heavy atom. The molecule has 2 bridgehead atoms. The highest BCUT2D eigenvalue weighted by molar-refractivity contribution is 5.74. The summed E-state index contributed by atoms with van der Waals surface area (Å²) in [5, 5.41) is 0. The van der Waals surface area contributed by atoms with Crippen molar-refractivity contribution in [1.82, 2.24) is 0 Å². The van der Waals surface area contributed by atoms with Crippen molar-refractivity contribution in [2.75, 3.05) is 0 Å². The van der Waals surface area contributed by atoms with Crippen LogP contribution >= 0.6 is 0 Å². The second kappa shape index (κ2) is 5.49. The lowest BCUT2D eigenvalue weighted by Crippen LogP contribution is -2.50. The number of hydrogen-bond acceptors (Lipinski definition) is 2. The minimum Gasteiger partial charge on any atom is -0.458 e. The summed E-state index contributed by atoms with van der Waals surface area (Å²) in [5.41, 5.74) is -0.236. The van der Waals surface area contributed by atoms with Crippen LogP contribution in [0.2, 0.25) is 0 Å². The smallest absolute Gasteiger partial charge is 0.309 e. The van der Waals surface area contributed by atoms with Crippen LogP contribution in [-0.4, -0.2) is 11.6 Å². The van der Waals surface area contributed by atoms with Gasteiger partial charge in [0.2, 0.25) is 0 Å². The third-order valence-electron chi connectivity index (χ3n) is 7.73. The third kappa shape index (κ3) is 2.30. The van der Waals surface area contributed by atoms with Gasteiger partial charge in [0, 0.05) is 5.92 Å². The van der Waals surface area contributed by atoms with Crippen LogP contribution in [0, 0.1) is 61.2 Å². The van der Waals surface area contributed by atoms with Gasteiger partial charge in [-0.1, -0.05) is 20.3 Å². The van der Waals surface area contributed by atoms with Crippen LogP contribution in [-0.2, 0) is 9.53 Å². The Bertz CT molecular complexity index is 484. The molecule has 4 saturated carbocycles. The van der Waals surface area contributed by atoms with Crippen LogP contribution in [0.3, 0.4) is 0 Å². The number of ether oxygens (including phenoxy) is 1. The quantitative estimate of drug-likeness (QED) is 0.720. The standard InChI is InChI=1S/C21H30O2/c1-12(2)21(23-20(22)18-9-13(3)8-14(18)4)11-15-10-19(21)17-7-5-6-16(15)17/h3-4,12-19H,5-11H2,1-2H3. The lowest BCUT2D eigenvalue weighted by molar-refractivity contribution is -0.183. The Balaban J connectivity index is 1.54. The van der Waals surface area contributed by atoms with E-state index in [-0.39, 0.29) is 29.3 Å². The van der Waals surface area contributed by atoms with E-state index in [4.69, 9.17) is 18.6 Å². The van der Waals surface area contributed by atoms with E-state index in [0.29, 0.717) is 18.3 Å². The lowest BCUT2D eigenvalue weighted by Gasteiger charge is -2.45. The molecule has 4 aliphatic carbocycles. The predicted molar refractivity (Wildman–Crippen MR) is 89.0 cm³/mol. The van der Waals surface area contributed by atoms with Crippen LogP contribution in [0.1, 0.15) is 58.8 Å². The highest BCUT2D eigenvalue weighted by Crippen LogP contribution is 2.65. The number of carbonyl (C=O) groups excluding carboxylic acids is 1. The molecule has 0 aromatic heterocycles. The minimum atomic E-state index is -0.236. The van der Waals surface area contributed by atoms with Gasteiger partial charge in [0.05, 0.1) is 5.92 Å². The zero-order valence-corrected chi connectivity index (χ0v) is 14.5. The molecule has 0 saturated heterocycles. The highest BCUT2D eigenvalue weighted by atomic mass is 16.6. The van der Waals surface area contributed by atoms with Crippen LogP contribution in [0.15, 0.2) is 0 Å². The number of carbonyl (C=O) groups is 1. The molecule has 0 aliphatic heterocycles. The normalized spacial score (nSPS) is 51.4. The molecule has 4 aliphatic rings. The Morgan fingerprint density at radius 1 is 1.13 bits per heavy atom. The molecule has 2 nitrogen and oxygen atoms in total. The maximum absolute atomic E-state index is 12.9. The zero-order valence-electron chi connectivity index (χ0n) is 14.5. The first-order valence-corrected chi connectivity index (χ1v) is 9.66. The summed E-state index contributed by atoms with van der Waals surface area (Å²) in [7, 11) is 0. The van der Waals surface area contributed by atoms with Crippen LogP contribution in [0.4, 0.5) is 0 Å². The van der Waals surface area contributed by atoms with E-state index in [9.17, 15) is 4.79 Å². The molecule has 4 radical (unpaired) electrons. The van der Waals surface area contributed by atoms with Gasteiger partial charge in [0.15, 0.2) is 0 Å². The largest absolute Gasteiger partial charge is 0.458 e. The molecule has 23 heavy (non-hydrogen) atoms. The first-order chi connectivity index (χ1) is 10.9. The molecule has 2 heteroatoms. The van der Waals surface area contributed by atoms with E-state index in [0.717, 1.165) is 30.6 Å². The maximum atomic E-state index is 12.9. The summed E-state index contributed by atoms with van der Waals surface area (Å²) in [4.78, 5) is 12.9. The van der Waals surface area contributed by atoms with Gasteiger partial charge in [0.1, 0.15) is 5.60 Å². The topological polar surface area (TPSA) is 26.3 Å². The van der Waals surface area contributed by atoms with E-state index in [2.05, 4.69) is 13.8 Å². The van der Waals surface area contributed by atoms with Gasteiger partial charge in [0.25, 0.3) is 0 Å². The Morgan fingerprint density at radius 2 is 1.87 bits per heavy atom. The molecular formula is C21H30O2. The lowest BCUT2D eigenvalue weighted by atomic mass is 9.68. The molecule has 0 aromatic rings. The van der Waals surface area contributed by atoms with Gasteiger partial charge in [-0.05, 0) is 87.9 Å². The molecular weight excluding hydrogens is 284 g/mol. The van der Waals surface area contributed by atoms with E-state index in [1.807, 2.05) is 0 Å². The van der Waals surface area contributed by atoms with Crippen LogP contribution in [0.25, 0.3) is 0 Å². The number of esters is 1. The summed E-state index contributed by atoms with van der Waals surface area (Å²) >= 11 is 0. The number of rotatable bonds is 3. The Kier molecular flexibility index (Phi) is 3.81. The number of hydrogen-bond donors (Lipinski definition) is 0. The molecule has 4 rings (SSSR count). The van der Waals surface area contributed by atoms with Crippen molar-refractivity contribution in [1.29, 1.82) is 0 Å². The summed E-state index contributed by atoms with van der Waals surface area (Å²) in [6.45, 7) is 16.6. The van der Waals surface area contributed by atoms with Crippen molar-refractivity contribution in [3.63, 3.8) is 0 Å². The second-order valence-electron chi connectivity index (χ2n) is 9.10. The molecule has 0 amide bonds. The van der Waals surface area contributed by atoms with Gasteiger partial charge in [-0.25, -0.2) is 0 Å². The maximum Gasteiger partial charge on any atom is 0.309 e. The summed E-state index contributed by atoms with van der Waals surface area (Å²) in [6.07, 6.45) is 7.89. The third-order valence-corrected chi connectivity index (χ3v) is 7.73. The van der Waals surface area contributed by atoms with Gasteiger partial charge in [-0.15, -0.1) is 0 Å². The Labute approximate surface area is 141 Å². The fraction of sp³-hybridized carbons (Fsp3) is 0.857. The van der Waals surface area contributed by atoms with Gasteiger partial charge in [-0.2, -0.15) is 0 Å². The van der Waals surface area contributed by atoms with Crippen molar-refractivity contribution in [2.45, 2.75) is 64.4 Å². The molecule has 0 N–H and O–H groups in total. The van der Waals surface area contributed by atoms with Crippen molar-refractivity contribution >= 4 is 5.97 Å². The fourth-order valence-electron chi connectivity index (χ4n) is 6.68. The Hall–Kier alpha value is -0.530. The van der Waals surface area contributed by atoms with Crippen molar-refractivity contribution in [2.24, 2.45) is 47.3 Å². The summed E-state index contributed by atoms with van der Waals surface area (Å²) in [6, 6.07) is 0. The fourth-order valence-corrected chi connectivity index (χ4v) is 6.68. The van der Waals surface area contributed by atoms with E-state index in [1.165, 1.54) is 25.7 Å². The molecule has 0 heterocycles. The zero-order chi connectivity index (χ0) is 16.4. The van der Waals surface area contributed by atoms with Crippen LogP contribution < -0.4 is 0 Å². The van der Waals surface area contributed by atoms with Crippen molar-refractivity contribution < 1.29 is 9.53 Å². The van der Waals surface area contributed by atoms with Gasteiger partial charge >= 0.3 is 5.97 Å². The molecule has 8 unspecified atom stereocenters. The van der Waals surface area contributed by atoms with E-state index in [1.54, 1.807) is 0 Å². The highest BCUT2D eigenvalue weighted by Gasteiger charge is 2.64. The molecule has 0 spiro atoms. The van der Waals surface area contributed by atoms with Crippen molar-refractivity contribution in [3.05, 3.63) is 13.8 Å². The molecule has 4 fully saturated rings. The minimum absolute atomic E-state index is 0.0526. The molecule has 126 valence electrons. The van der Waals surface area contributed by atoms with Gasteiger partial charge in [-0.3, -0.25) is 4.79 Å². The first-order valence-electron chi connectivity index (χ1n) is 9.66. The predicted octanol–water partition coefficient (Wildman–Crippen LogP) is 4.45.